The van der Waals surface area contributed by atoms with E-state index >= 15 is 0 Å². The molecule has 0 amide bonds. The molecule has 82 valence electrons. The number of fused-ring (bicyclic) bond motifs is 1. The molecule has 1 heterocycles. The van der Waals surface area contributed by atoms with Gasteiger partial charge in [0.05, 0.1) is 6.61 Å². The molecule has 2 rings (SSSR count). The molecule has 1 unspecified atom stereocenters. The van der Waals surface area contributed by atoms with E-state index in [0.717, 1.165) is 18.5 Å². The van der Waals surface area contributed by atoms with Gasteiger partial charge in [-0.3, -0.25) is 0 Å². The van der Waals surface area contributed by atoms with E-state index in [-0.39, 0.29) is 6.61 Å². The second-order valence-corrected chi connectivity index (χ2v) is 4.24. The van der Waals surface area contributed by atoms with Crippen molar-refractivity contribution in [2.24, 2.45) is 0 Å². The molecule has 1 aromatic rings. The summed E-state index contributed by atoms with van der Waals surface area (Å²) in [7, 11) is 0. The first-order valence-corrected chi connectivity index (χ1v) is 5.81. The van der Waals surface area contributed by atoms with Crippen LogP contribution in [0, 0.1) is 0 Å². The molecule has 0 bridgehead atoms. The van der Waals surface area contributed by atoms with E-state index in [4.69, 9.17) is 5.11 Å². The van der Waals surface area contributed by atoms with Crippen LogP contribution in [0.2, 0.25) is 0 Å². The van der Waals surface area contributed by atoms with Crippen LogP contribution >= 0.6 is 0 Å². The fourth-order valence-corrected chi connectivity index (χ4v) is 2.35. The van der Waals surface area contributed by atoms with Gasteiger partial charge in [0.15, 0.2) is 0 Å². The van der Waals surface area contributed by atoms with Gasteiger partial charge in [-0.05, 0) is 36.1 Å². The summed E-state index contributed by atoms with van der Waals surface area (Å²) in [5.74, 6) is 0. The average molecular weight is 205 g/mol. The first kappa shape index (κ1) is 10.7. The third kappa shape index (κ3) is 2.21. The molecular formula is C13H19NO. The Labute approximate surface area is 91.3 Å². The van der Waals surface area contributed by atoms with Crippen molar-refractivity contribution in [3.8, 4) is 0 Å². The predicted molar refractivity (Wildman–Crippen MR) is 61.7 cm³/mol. The summed E-state index contributed by atoms with van der Waals surface area (Å²) in [6.45, 7) is 3.43. The SMILES string of the molecule is CCCC1NCCc2cc(CO)ccc21. The van der Waals surface area contributed by atoms with Gasteiger partial charge in [0.25, 0.3) is 0 Å². The number of aliphatic hydroxyl groups excluding tert-OH is 1. The minimum Gasteiger partial charge on any atom is -0.392 e. The molecule has 0 radical (unpaired) electrons. The number of nitrogens with one attached hydrogen (secondary N) is 1. The zero-order valence-electron chi connectivity index (χ0n) is 9.29. The van der Waals surface area contributed by atoms with Gasteiger partial charge in [-0.25, -0.2) is 0 Å². The van der Waals surface area contributed by atoms with Crippen LogP contribution in [0.25, 0.3) is 0 Å². The highest BCUT2D eigenvalue weighted by molar-refractivity contribution is 5.36. The van der Waals surface area contributed by atoms with Crippen molar-refractivity contribution in [2.75, 3.05) is 6.54 Å². The number of hydrogen-bond donors (Lipinski definition) is 2. The Bertz CT molecular complexity index is 335. The standard InChI is InChI=1S/C13H19NO/c1-2-3-13-12-5-4-10(9-15)8-11(12)6-7-14-13/h4-5,8,13-15H,2-3,6-7,9H2,1H3. The van der Waals surface area contributed by atoms with Crippen LogP contribution in [0.15, 0.2) is 18.2 Å². The Balaban J connectivity index is 2.28. The molecule has 1 aliphatic heterocycles. The Hall–Kier alpha value is -0.860. The summed E-state index contributed by atoms with van der Waals surface area (Å²) < 4.78 is 0. The van der Waals surface area contributed by atoms with Gasteiger partial charge < -0.3 is 10.4 Å². The minimum absolute atomic E-state index is 0.152. The molecule has 0 saturated carbocycles. The second kappa shape index (κ2) is 4.77. The average Bonchev–Trinajstić information content (AvgIpc) is 2.29. The molecule has 2 heteroatoms. The maximum atomic E-state index is 9.09. The van der Waals surface area contributed by atoms with Gasteiger partial charge in [-0.1, -0.05) is 31.5 Å². The monoisotopic (exact) mass is 205 g/mol. The van der Waals surface area contributed by atoms with Crippen LogP contribution < -0.4 is 5.32 Å². The van der Waals surface area contributed by atoms with Crippen molar-refractivity contribution in [2.45, 2.75) is 38.8 Å². The maximum absolute atomic E-state index is 9.09. The summed E-state index contributed by atoms with van der Waals surface area (Å²) in [5, 5.41) is 12.6. The molecule has 0 aromatic heterocycles. The number of aliphatic hydroxyl groups is 1. The van der Waals surface area contributed by atoms with Crippen molar-refractivity contribution in [3.05, 3.63) is 34.9 Å². The quantitative estimate of drug-likeness (QED) is 0.792. The van der Waals surface area contributed by atoms with Gasteiger partial charge >= 0.3 is 0 Å². The number of hydrogen-bond acceptors (Lipinski definition) is 2. The lowest BCUT2D eigenvalue weighted by atomic mass is 9.90. The third-order valence-electron chi connectivity index (χ3n) is 3.13. The fourth-order valence-electron chi connectivity index (χ4n) is 2.35. The largest absolute Gasteiger partial charge is 0.392 e. The molecule has 15 heavy (non-hydrogen) atoms. The van der Waals surface area contributed by atoms with E-state index in [1.165, 1.54) is 24.0 Å². The zero-order valence-corrected chi connectivity index (χ0v) is 9.29. The van der Waals surface area contributed by atoms with Gasteiger partial charge in [-0.15, -0.1) is 0 Å². The Morgan fingerprint density at radius 1 is 1.47 bits per heavy atom. The third-order valence-corrected chi connectivity index (χ3v) is 3.13. The smallest absolute Gasteiger partial charge is 0.0681 e. The number of benzene rings is 1. The summed E-state index contributed by atoms with van der Waals surface area (Å²) in [6, 6.07) is 6.88. The van der Waals surface area contributed by atoms with Crippen LogP contribution in [0.1, 0.15) is 42.5 Å². The zero-order chi connectivity index (χ0) is 10.7. The van der Waals surface area contributed by atoms with Crippen LogP contribution in [0.4, 0.5) is 0 Å². The highest BCUT2D eigenvalue weighted by atomic mass is 16.3. The highest BCUT2D eigenvalue weighted by Gasteiger charge is 2.18. The summed E-state index contributed by atoms with van der Waals surface area (Å²) >= 11 is 0. The highest BCUT2D eigenvalue weighted by Crippen LogP contribution is 2.27. The first-order chi connectivity index (χ1) is 7.35. The molecule has 1 aliphatic rings. The van der Waals surface area contributed by atoms with Crippen molar-refractivity contribution in [1.29, 1.82) is 0 Å². The molecule has 2 nitrogen and oxygen atoms in total. The maximum Gasteiger partial charge on any atom is 0.0681 e. The van der Waals surface area contributed by atoms with E-state index in [0.29, 0.717) is 6.04 Å². The van der Waals surface area contributed by atoms with Crippen LogP contribution in [-0.4, -0.2) is 11.7 Å². The second-order valence-electron chi connectivity index (χ2n) is 4.24. The van der Waals surface area contributed by atoms with E-state index in [9.17, 15) is 0 Å². The van der Waals surface area contributed by atoms with Crippen molar-refractivity contribution in [1.82, 2.24) is 5.32 Å². The molecule has 0 aliphatic carbocycles. The van der Waals surface area contributed by atoms with Gasteiger partial charge in [-0.2, -0.15) is 0 Å². The van der Waals surface area contributed by atoms with Gasteiger partial charge in [0, 0.05) is 6.04 Å². The van der Waals surface area contributed by atoms with E-state index < -0.39 is 0 Å². The Morgan fingerprint density at radius 2 is 2.33 bits per heavy atom. The topological polar surface area (TPSA) is 32.3 Å². The van der Waals surface area contributed by atoms with E-state index in [1.807, 2.05) is 6.07 Å². The Morgan fingerprint density at radius 3 is 3.07 bits per heavy atom. The summed E-state index contributed by atoms with van der Waals surface area (Å²) in [6.07, 6.45) is 3.49. The molecule has 1 aromatic carbocycles. The fraction of sp³-hybridized carbons (Fsp3) is 0.538. The lowest BCUT2D eigenvalue weighted by Crippen LogP contribution is -2.29. The molecule has 0 spiro atoms. The molecule has 2 N–H and O–H groups in total. The molecule has 1 atom stereocenters. The van der Waals surface area contributed by atoms with Crippen molar-refractivity contribution < 1.29 is 5.11 Å². The van der Waals surface area contributed by atoms with E-state index in [2.05, 4.69) is 24.4 Å². The van der Waals surface area contributed by atoms with Crippen LogP contribution in [0.3, 0.4) is 0 Å². The van der Waals surface area contributed by atoms with Crippen LogP contribution in [-0.2, 0) is 13.0 Å². The van der Waals surface area contributed by atoms with Crippen molar-refractivity contribution >= 4 is 0 Å². The van der Waals surface area contributed by atoms with Crippen molar-refractivity contribution in [3.63, 3.8) is 0 Å². The van der Waals surface area contributed by atoms with Crippen LogP contribution in [0.5, 0.6) is 0 Å². The van der Waals surface area contributed by atoms with Gasteiger partial charge in [0.2, 0.25) is 0 Å². The summed E-state index contributed by atoms with van der Waals surface area (Å²) in [4.78, 5) is 0. The molecule has 0 fully saturated rings. The molecule has 0 saturated heterocycles. The normalized spacial score (nSPS) is 20.0. The summed E-state index contributed by atoms with van der Waals surface area (Å²) in [5.41, 5.74) is 3.88. The molecular weight excluding hydrogens is 186 g/mol. The van der Waals surface area contributed by atoms with Gasteiger partial charge in [0.1, 0.15) is 0 Å². The Kier molecular flexibility index (Phi) is 3.39. The lowest BCUT2D eigenvalue weighted by Gasteiger charge is -2.27. The predicted octanol–water partition coefficient (Wildman–Crippen LogP) is 2.17. The number of rotatable bonds is 3. The minimum atomic E-state index is 0.152. The first-order valence-electron chi connectivity index (χ1n) is 5.81. The lowest BCUT2D eigenvalue weighted by molar-refractivity contribution is 0.281. The van der Waals surface area contributed by atoms with E-state index in [1.54, 1.807) is 0 Å².